The summed E-state index contributed by atoms with van der Waals surface area (Å²) in [6, 6.07) is 20.8. The molecule has 0 saturated heterocycles. The molecular formula is C21H16FN3O. The molecular weight excluding hydrogens is 329 g/mol. The smallest absolute Gasteiger partial charge is 0.258 e. The first kappa shape index (κ1) is 16.0. The first-order chi connectivity index (χ1) is 12.7. The Bertz CT molecular complexity index is 1060. The van der Waals surface area contributed by atoms with Crippen LogP contribution >= 0.6 is 0 Å². The van der Waals surface area contributed by atoms with Gasteiger partial charge in [-0.15, -0.1) is 0 Å². The van der Waals surface area contributed by atoms with E-state index in [-0.39, 0.29) is 5.91 Å². The van der Waals surface area contributed by atoms with Crippen molar-refractivity contribution in [3.8, 4) is 0 Å². The summed E-state index contributed by atoms with van der Waals surface area (Å²) in [6.45, 7) is 0.324. The van der Waals surface area contributed by atoms with Crippen LogP contribution in [0.5, 0.6) is 0 Å². The Morgan fingerprint density at radius 3 is 2.62 bits per heavy atom. The molecule has 0 bridgehead atoms. The van der Waals surface area contributed by atoms with E-state index >= 15 is 0 Å². The molecule has 2 aromatic carbocycles. The van der Waals surface area contributed by atoms with Gasteiger partial charge in [0.25, 0.3) is 5.91 Å². The second kappa shape index (κ2) is 6.80. The molecule has 4 aromatic rings. The van der Waals surface area contributed by atoms with Crippen molar-refractivity contribution in [3.63, 3.8) is 0 Å². The number of aromatic nitrogens is 2. The van der Waals surface area contributed by atoms with Crippen LogP contribution in [0.2, 0.25) is 0 Å². The lowest BCUT2D eigenvalue weighted by atomic mass is 10.1. The number of rotatable bonds is 4. The van der Waals surface area contributed by atoms with E-state index in [0.717, 1.165) is 17.0 Å². The van der Waals surface area contributed by atoms with Gasteiger partial charge in [0.1, 0.15) is 11.5 Å². The predicted octanol–water partition coefficient (Wildman–Crippen LogP) is 4.32. The fourth-order valence-corrected chi connectivity index (χ4v) is 2.93. The maximum Gasteiger partial charge on any atom is 0.258 e. The van der Waals surface area contributed by atoms with Gasteiger partial charge in [-0.3, -0.25) is 4.79 Å². The van der Waals surface area contributed by atoms with Gasteiger partial charge in [0.15, 0.2) is 0 Å². The van der Waals surface area contributed by atoms with Crippen LogP contribution in [0.25, 0.3) is 5.65 Å². The SMILES string of the molecule is O=C(c1cccc(F)c1)N(Cc1cnc2ccccn12)c1ccccc1. The molecule has 2 aromatic heterocycles. The van der Waals surface area contributed by atoms with Crippen LogP contribution in [-0.4, -0.2) is 15.3 Å². The maximum atomic E-state index is 13.6. The number of hydrogen-bond acceptors (Lipinski definition) is 2. The van der Waals surface area contributed by atoms with Crippen molar-refractivity contribution >= 4 is 17.2 Å². The van der Waals surface area contributed by atoms with Crippen molar-refractivity contribution in [1.82, 2.24) is 9.38 Å². The Morgan fingerprint density at radius 2 is 1.81 bits per heavy atom. The van der Waals surface area contributed by atoms with E-state index < -0.39 is 5.82 Å². The van der Waals surface area contributed by atoms with Crippen molar-refractivity contribution < 1.29 is 9.18 Å². The summed E-state index contributed by atoms with van der Waals surface area (Å²) in [6.07, 6.45) is 3.66. The van der Waals surface area contributed by atoms with Gasteiger partial charge in [0.05, 0.1) is 18.4 Å². The van der Waals surface area contributed by atoms with Crippen LogP contribution in [0.4, 0.5) is 10.1 Å². The van der Waals surface area contributed by atoms with Crippen LogP contribution in [-0.2, 0) is 6.54 Å². The molecule has 2 heterocycles. The van der Waals surface area contributed by atoms with Gasteiger partial charge >= 0.3 is 0 Å². The van der Waals surface area contributed by atoms with Crippen LogP contribution in [0, 0.1) is 5.82 Å². The minimum Gasteiger partial charge on any atom is -0.302 e. The zero-order valence-corrected chi connectivity index (χ0v) is 13.9. The minimum absolute atomic E-state index is 0.262. The summed E-state index contributed by atoms with van der Waals surface area (Å²) in [5.41, 5.74) is 2.73. The van der Waals surface area contributed by atoms with Gasteiger partial charge in [-0.25, -0.2) is 9.37 Å². The van der Waals surface area contributed by atoms with E-state index in [4.69, 9.17) is 0 Å². The molecule has 0 aliphatic heterocycles. The summed E-state index contributed by atoms with van der Waals surface area (Å²) >= 11 is 0. The highest BCUT2D eigenvalue weighted by molar-refractivity contribution is 6.06. The highest BCUT2D eigenvalue weighted by atomic mass is 19.1. The number of para-hydroxylation sites is 1. The van der Waals surface area contributed by atoms with E-state index in [2.05, 4.69) is 4.98 Å². The van der Waals surface area contributed by atoms with E-state index in [1.165, 1.54) is 12.1 Å². The second-order valence-electron chi connectivity index (χ2n) is 5.92. The molecule has 26 heavy (non-hydrogen) atoms. The lowest BCUT2D eigenvalue weighted by Gasteiger charge is -2.23. The van der Waals surface area contributed by atoms with E-state index in [9.17, 15) is 9.18 Å². The summed E-state index contributed by atoms with van der Waals surface area (Å²) in [5, 5.41) is 0. The van der Waals surface area contributed by atoms with Gasteiger partial charge in [-0.2, -0.15) is 0 Å². The molecule has 5 heteroatoms. The Labute approximate surface area is 150 Å². The standard InChI is InChI=1S/C21H16FN3O/c22-17-8-6-7-16(13-17)21(26)25(18-9-2-1-3-10-18)15-19-14-23-20-11-4-5-12-24(19)20/h1-14H,15H2. The summed E-state index contributed by atoms with van der Waals surface area (Å²) in [7, 11) is 0. The monoisotopic (exact) mass is 345 g/mol. The molecule has 0 spiro atoms. The molecule has 4 nitrogen and oxygen atoms in total. The number of benzene rings is 2. The van der Waals surface area contributed by atoms with E-state index in [1.54, 1.807) is 23.2 Å². The lowest BCUT2D eigenvalue weighted by Crippen LogP contribution is -2.31. The highest BCUT2D eigenvalue weighted by Gasteiger charge is 2.20. The Morgan fingerprint density at radius 1 is 1.00 bits per heavy atom. The number of hydrogen-bond donors (Lipinski definition) is 0. The van der Waals surface area contributed by atoms with Crippen molar-refractivity contribution in [2.75, 3.05) is 4.90 Å². The van der Waals surface area contributed by atoms with Crippen molar-refractivity contribution in [2.24, 2.45) is 0 Å². The zero-order valence-electron chi connectivity index (χ0n) is 13.9. The number of halogens is 1. The molecule has 0 N–H and O–H groups in total. The Hall–Kier alpha value is -3.47. The van der Waals surface area contributed by atoms with Crippen molar-refractivity contribution in [1.29, 1.82) is 0 Å². The average Bonchev–Trinajstić information content (AvgIpc) is 3.09. The largest absolute Gasteiger partial charge is 0.302 e. The number of pyridine rings is 1. The predicted molar refractivity (Wildman–Crippen MR) is 98.5 cm³/mol. The second-order valence-corrected chi connectivity index (χ2v) is 5.92. The van der Waals surface area contributed by atoms with Gasteiger partial charge in [-0.1, -0.05) is 30.3 Å². The molecule has 0 fully saturated rings. The molecule has 0 radical (unpaired) electrons. The van der Waals surface area contributed by atoms with E-state index in [0.29, 0.717) is 12.1 Å². The van der Waals surface area contributed by atoms with Gasteiger partial charge in [-0.05, 0) is 42.5 Å². The van der Waals surface area contributed by atoms with Crippen molar-refractivity contribution in [2.45, 2.75) is 6.54 Å². The molecule has 128 valence electrons. The minimum atomic E-state index is -0.432. The third kappa shape index (κ3) is 3.07. The molecule has 0 unspecified atom stereocenters. The number of nitrogens with zero attached hydrogens (tertiary/aromatic N) is 3. The topological polar surface area (TPSA) is 37.6 Å². The Balaban J connectivity index is 1.75. The molecule has 0 atom stereocenters. The molecule has 0 aliphatic rings. The number of amides is 1. The molecule has 0 aliphatic carbocycles. The summed E-state index contributed by atoms with van der Waals surface area (Å²) in [5.74, 6) is -0.694. The first-order valence-corrected chi connectivity index (χ1v) is 8.26. The quantitative estimate of drug-likeness (QED) is 0.552. The number of fused-ring (bicyclic) bond motifs is 1. The Kier molecular flexibility index (Phi) is 4.19. The molecule has 1 amide bonds. The van der Waals surface area contributed by atoms with Crippen molar-refractivity contribution in [3.05, 3.63) is 102 Å². The van der Waals surface area contributed by atoms with E-state index in [1.807, 2.05) is 59.1 Å². The summed E-state index contributed by atoms with van der Waals surface area (Å²) in [4.78, 5) is 19.1. The highest BCUT2D eigenvalue weighted by Crippen LogP contribution is 2.21. The third-order valence-corrected chi connectivity index (χ3v) is 4.20. The average molecular weight is 345 g/mol. The van der Waals surface area contributed by atoms with Gasteiger partial charge in [0, 0.05) is 17.4 Å². The number of anilines is 1. The molecule has 0 saturated carbocycles. The fraction of sp³-hybridized carbons (Fsp3) is 0.0476. The third-order valence-electron chi connectivity index (χ3n) is 4.20. The maximum absolute atomic E-state index is 13.6. The van der Waals surface area contributed by atoms with Gasteiger partial charge in [0.2, 0.25) is 0 Å². The van der Waals surface area contributed by atoms with Crippen LogP contribution < -0.4 is 4.90 Å². The van der Waals surface area contributed by atoms with Crippen LogP contribution in [0.15, 0.2) is 85.2 Å². The van der Waals surface area contributed by atoms with Gasteiger partial charge < -0.3 is 9.30 Å². The fourth-order valence-electron chi connectivity index (χ4n) is 2.93. The summed E-state index contributed by atoms with van der Waals surface area (Å²) < 4.78 is 15.5. The van der Waals surface area contributed by atoms with Crippen LogP contribution in [0.1, 0.15) is 16.1 Å². The number of imidazole rings is 1. The number of carbonyl (C=O) groups excluding carboxylic acids is 1. The zero-order chi connectivity index (χ0) is 17.9. The normalized spacial score (nSPS) is 10.8. The molecule has 4 rings (SSSR count). The van der Waals surface area contributed by atoms with Crippen LogP contribution in [0.3, 0.4) is 0 Å². The number of carbonyl (C=O) groups is 1. The lowest BCUT2D eigenvalue weighted by molar-refractivity contribution is 0.0984. The first-order valence-electron chi connectivity index (χ1n) is 8.26.